The van der Waals surface area contributed by atoms with E-state index in [2.05, 4.69) is 20.3 Å². The number of carbonyl (C=O) groups is 2. The fourth-order valence-electron chi connectivity index (χ4n) is 4.41. The zero-order valence-electron chi connectivity index (χ0n) is 19.6. The quantitative estimate of drug-likeness (QED) is 0.438. The number of nitrogens with one attached hydrogen (secondary N) is 2. The van der Waals surface area contributed by atoms with E-state index in [0.29, 0.717) is 23.9 Å². The van der Waals surface area contributed by atoms with Crippen LogP contribution in [0.2, 0.25) is 0 Å². The van der Waals surface area contributed by atoms with Gasteiger partial charge in [0.05, 0.1) is 35.5 Å². The van der Waals surface area contributed by atoms with Gasteiger partial charge in [-0.3, -0.25) is 19.6 Å². The number of aromatic nitrogens is 4. The number of ether oxygens (including phenoxy) is 1. The molecule has 1 aliphatic heterocycles. The van der Waals surface area contributed by atoms with Gasteiger partial charge < -0.3 is 19.9 Å². The standard InChI is InChI=1S/C26H26N6O3/c1-16(33)28-14-18-8-9-19(15-29-18)35-25-13-23-22(30-26(31-23)21-6-3-4-10-27-21)12-20(25)24-7-5-11-32(24)17(2)34/h3-4,6,8-10,12-13,15,24H,5,7,11,14H2,1-2H3,(H,28,33)(H,30,31). The van der Waals surface area contributed by atoms with Gasteiger partial charge in [0, 0.05) is 38.2 Å². The predicted molar refractivity (Wildman–Crippen MR) is 131 cm³/mol. The minimum absolute atomic E-state index is 0.0429. The molecular formula is C26H26N6O3. The molecule has 4 aromatic rings. The maximum absolute atomic E-state index is 12.3. The van der Waals surface area contributed by atoms with Gasteiger partial charge in [-0.05, 0) is 43.2 Å². The molecule has 9 heteroatoms. The van der Waals surface area contributed by atoms with Crippen molar-refractivity contribution < 1.29 is 14.3 Å². The van der Waals surface area contributed by atoms with Gasteiger partial charge in [-0.1, -0.05) is 6.07 Å². The molecular weight excluding hydrogens is 444 g/mol. The first-order chi connectivity index (χ1) is 17.0. The molecule has 1 unspecified atom stereocenters. The molecule has 0 radical (unpaired) electrons. The summed E-state index contributed by atoms with van der Waals surface area (Å²) in [4.78, 5) is 42.2. The van der Waals surface area contributed by atoms with E-state index < -0.39 is 0 Å². The number of fused-ring (bicyclic) bond motifs is 1. The van der Waals surface area contributed by atoms with E-state index in [1.54, 1.807) is 19.3 Å². The monoisotopic (exact) mass is 470 g/mol. The zero-order valence-corrected chi connectivity index (χ0v) is 19.6. The van der Waals surface area contributed by atoms with Crippen LogP contribution in [-0.2, 0) is 16.1 Å². The lowest BCUT2D eigenvalue weighted by molar-refractivity contribution is -0.129. The first-order valence-electron chi connectivity index (χ1n) is 11.6. The lowest BCUT2D eigenvalue weighted by Crippen LogP contribution is -2.28. The maximum Gasteiger partial charge on any atom is 0.219 e. The number of H-pyrrole nitrogens is 1. The van der Waals surface area contributed by atoms with Crippen LogP contribution >= 0.6 is 0 Å². The van der Waals surface area contributed by atoms with Crippen LogP contribution in [0.1, 0.15) is 44.0 Å². The summed E-state index contributed by atoms with van der Waals surface area (Å²) in [5, 5.41) is 2.73. The lowest BCUT2D eigenvalue weighted by atomic mass is 10.0. The van der Waals surface area contributed by atoms with Gasteiger partial charge >= 0.3 is 0 Å². The summed E-state index contributed by atoms with van der Waals surface area (Å²) in [6.07, 6.45) is 5.15. The van der Waals surface area contributed by atoms with Crippen molar-refractivity contribution in [3.63, 3.8) is 0 Å². The number of nitrogens with zero attached hydrogens (tertiary/aromatic N) is 4. The van der Waals surface area contributed by atoms with Crippen molar-refractivity contribution in [3.8, 4) is 23.0 Å². The number of amides is 2. The van der Waals surface area contributed by atoms with Crippen LogP contribution in [0.3, 0.4) is 0 Å². The van der Waals surface area contributed by atoms with Gasteiger partial charge in [0.2, 0.25) is 11.8 Å². The average molecular weight is 471 g/mol. The third kappa shape index (κ3) is 4.84. The minimum atomic E-state index is -0.110. The highest BCUT2D eigenvalue weighted by Crippen LogP contribution is 2.40. The summed E-state index contributed by atoms with van der Waals surface area (Å²) in [5.74, 6) is 1.79. The van der Waals surface area contributed by atoms with Crippen molar-refractivity contribution in [1.29, 1.82) is 0 Å². The second kappa shape index (κ2) is 9.54. The minimum Gasteiger partial charge on any atom is -0.455 e. The van der Waals surface area contributed by atoms with Crippen molar-refractivity contribution in [1.82, 2.24) is 30.2 Å². The zero-order chi connectivity index (χ0) is 24.4. The highest BCUT2D eigenvalue weighted by Gasteiger charge is 2.31. The molecule has 178 valence electrons. The molecule has 2 N–H and O–H groups in total. The molecule has 0 bridgehead atoms. The molecule has 3 aromatic heterocycles. The van der Waals surface area contributed by atoms with E-state index in [1.165, 1.54) is 6.92 Å². The van der Waals surface area contributed by atoms with Crippen LogP contribution in [0, 0.1) is 0 Å². The number of hydrogen-bond acceptors (Lipinski definition) is 6. The summed E-state index contributed by atoms with van der Waals surface area (Å²) in [5.41, 5.74) is 4.00. The fraction of sp³-hybridized carbons (Fsp3) is 0.269. The molecule has 1 atom stereocenters. The van der Waals surface area contributed by atoms with Gasteiger partial charge in [0.15, 0.2) is 5.82 Å². The Kier molecular flexibility index (Phi) is 6.13. The van der Waals surface area contributed by atoms with Crippen LogP contribution < -0.4 is 10.1 Å². The molecule has 4 heterocycles. The van der Waals surface area contributed by atoms with Crippen LogP contribution in [-0.4, -0.2) is 43.2 Å². The van der Waals surface area contributed by atoms with Gasteiger partial charge in [-0.25, -0.2) is 4.98 Å². The van der Waals surface area contributed by atoms with Crippen LogP contribution in [0.25, 0.3) is 22.6 Å². The second-order valence-electron chi connectivity index (χ2n) is 8.58. The van der Waals surface area contributed by atoms with Gasteiger partial charge in [0.1, 0.15) is 17.2 Å². The molecule has 1 aromatic carbocycles. The Morgan fingerprint density at radius 3 is 2.77 bits per heavy atom. The normalized spacial score (nSPS) is 15.4. The van der Waals surface area contributed by atoms with E-state index in [4.69, 9.17) is 9.72 Å². The van der Waals surface area contributed by atoms with Crippen LogP contribution in [0.5, 0.6) is 11.5 Å². The van der Waals surface area contributed by atoms with Gasteiger partial charge in [-0.2, -0.15) is 0 Å². The second-order valence-corrected chi connectivity index (χ2v) is 8.58. The smallest absolute Gasteiger partial charge is 0.219 e. The van der Waals surface area contributed by atoms with Crippen molar-refractivity contribution in [2.75, 3.05) is 6.54 Å². The number of aromatic amines is 1. The van der Waals surface area contributed by atoms with E-state index in [-0.39, 0.29) is 17.9 Å². The summed E-state index contributed by atoms with van der Waals surface area (Å²) in [6, 6.07) is 13.2. The number of carbonyl (C=O) groups excluding carboxylic acids is 2. The summed E-state index contributed by atoms with van der Waals surface area (Å²) >= 11 is 0. The summed E-state index contributed by atoms with van der Waals surface area (Å²) in [7, 11) is 0. The Labute approximate surface area is 202 Å². The topological polar surface area (TPSA) is 113 Å². The molecule has 0 saturated carbocycles. The molecule has 0 aliphatic carbocycles. The van der Waals surface area contributed by atoms with Gasteiger partial charge in [-0.15, -0.1) is 0 Å². The molecule has 2 amide bonds. The highest BCUT2D eigenvalue weighted by atomic mass is 16.5. The van der Waals surface area contributed by atoms with Crippen molar-refractivity contribution in [3.05, 3.63) is 66.1 Å². The Morgan fingerprint density at radius 2 is 2.06 bits per heavy atom. The summed E-state index contributed by atoms with van der Waals surface area (Å²) < 4.78 is 6.30. The Morgan fingerprint density at radius 1 is 1.17 bits per heavy atom. The largest absolute Gasteiger partial charge is 0.455 e. The first kappa shape index (κ1) is 22.5. The Bertz CT molecular complexity index is 1370. The number of rotatable bonds is 6. The van der Waals surface area contributed by atoms with Gasteiger partial charge in [0.25, 0.3) is 0 Å². The lowest BCUT2D eigenvalue weighted by Gasteiger charge is -2.25. The van der Waals surface area contributed by atoms with E-state index in [0.717, 1.165) is 47.4 Å². The number of hydrogen-bond donors (Lipinski definition) is 2. The third-order valence-corrected chi connectivity index (χ3v) is 6.08. The SMILES string of the molecule is CC(=O)NCc1ccc(Oc2cc3nc(-c4ccccn4)[nH]c3cc2C2CCCN2C(C)=O)cn1. The molecule has 1 saturated heterocycles. The fourth-order valence-corrected chi connectivity index (χ4v) is 4.41. The first-order valence-corrected chi connectivity index (χ1v) is 11.6. The van der Waals surface area contributed by atoms with E-state index in [9.17, 15) is 9.59 Å². The summed E-state index contributed by atoms with van der Waals surface area (Å²) in [6.45, 7) is 4.15. The molecule has 5 rings (SSSR count). The van der Waals surface area contributed by atoms with E-state index in [1.807, 2.05) is 47.4 Å². The molecule has 1 aliphatic rings. The van der Waals surface area contributed by atoms with E-state index >= 15 is 0 Å². The molecule has 0 spiro atoms. The molecule has 1 fully saturated rings. The average Bonchev–Trinajstić information content (AvgIpc) is 3.51. The number of likely N-dealkylation sites (tertiary alicyclic amines) is 1. The molecule has 9 nitrogen and oxygen atoms in total. The highest BCUT2D eigenvalue weighted by molar-refractivity contribution is 5.82. The maximum atomic E-state index is 12.3. The Balaban J connectivity index is 1.52. The Hall–Kier alpha value is -4.27. The van der Waals surface area contributed by atoms with Crippen LogP contribution in [0.4, 0.5) is 0 Å². The van der Waals surface area contributed by atoms with Crippen molar-refractivity contribution >= 4 is 22.8 Å². The molecule has 35 heavy (non-hydrogen) atoms. The predicted octanol–water partition coefficient (Wildman–Crippen LogP) is 4.13. The number of benzene rings is 1. The van der Waals surface area contributed by atoms with Crippen molar-refractivity contribution in [2.45, 2.75) is 39.3 Å². The number of imidazole rings is 1. The van der Waals surface area contributed by atoms with Crippen LogP contribution in [0.15, 0.2) is 54.9 Å². The third-order valence-electron chi connectivity index (χ3n) is 6.08. The van der Waals surface area contributed by atoms with Crippen molar-refractivity contribution in [2.24, 2.45) is 0 Å². The number of pyridine rings is 2.